The summed E-state index contributed by atoms with van der Waals surface area (Å²) in [6.45, 7) is 2.13. The Kier molecular flexibility index (Phi) is 3.04. The summed E-state index contributed by atoms with van der Waals surface area (Å²) in [6, 6.07) is 7.11. The zero-order chi connectivity index (χ0) is 14.2. The van der Waals surface area contributed by atoms with Crippen LogP contribution >= 0.6 is 0 Å². The maximum absolute atomic E-state index is 11.5. The molecule has 0 bridgehead atoms. The number of hydrogen-bond donors (Lipinski definition) is 1. The van der Waals surface area contributed by atoms with E-state index in [1.54, 1.807) is 24.4 Å². The standard InChI is InChI=1S/C15H17N3O2/c1-2-15(8-4-9-15)17-13-7-6-12-11(5-3-10-16-12)14(13)18(19)20/h3,5-7,10,17H,2,4,8-9H2,1H3. The van der Waals surface area contributed by atoms with Gasteiger partial charge >= 0.3 is 5.69 Å². The first-order valence-corrected chi connectivity index (χ1v) is 6.95. The molecule has 1 fully saturated rings. The lowest BCUT2D eigenvalue weighted by molar-refractivity contribution is -0.382. The molecule has 2 aromatic rings. The van der Waals surface area contributed by atoms with E-state index in [9.17, 15) is 10.1 Å². The van der Waals surface area contributed by atoms with E-state index in [0.29, 0.717) is 16.6 Å². The number of nitro benzene ring substituents is 1. The molecular formula is C15H17N3O2. The molecule has 20 heavy (non-hydrogen) atoms. The van der Waals surface area contributed by atoms with Crippen LogP contribution in [0.25, 0.3) is 10.9 Å². The predicted octanol–water partition coefficient (Wildman–Crippen LogP) is 3.89. The molecular weight excluding hydrogens is 254 g/mol. The molecule has 1 saturated carbocycles. The van der Waals surface area contributed by atoms with Crippen LogP contribution in [0.3, 0.4) is 0 Å². The van der Waals surface area contributed by atoms with Crippen LogP contribution in [0.15, 0.2) is 30.5 Å². The second-order valence-electron chi connectivity index (χ2n) is 5.40. The highest BCUT2D eigenvalue weighted by Crippen LogP contribution is 2.41. The molecule has 104 valence electrons. The Balaban J connectivity index is 2.10. The Labute approximate surface area is 117 Å². The van der Waals surface area contributed by atoms with Crippen molar-refractivity contribution in [2.75, 3.05) is 5.32 Å². The lowest BCUT2D eigenvalue weighted by Crippen LogP contribution is -2.44. The van der Waals surface area contributed by atoms with E-state index in [4.69, 9.17) is 0 Å². The molecule has 0 amide bonds. The molecule has 0 saturated heterocycles. The molecule has 5 nitrogen and oxygen atoms in total. The van der Waals surface area contributed by atoms with Gasteiger partial charge in [0.25, 0.3) is 0 Å². The van der Waals surface area contributed by atoms with Crippen molar-refractivity contribution in [3.05, 3.63) is 40.6 Å². The van der Waals surface area contributed by atoms with Crippen molar-refractivity contribution in [2.24, 2.45) is 0 Å². The summed E-state index contributed by atoms with van der Waals surface area (Å²) < 4.78 is 0. The third-order valence-electron chi connectivity index (χ3n) is 4.33. The van der Waals surface area contributed by atoms with E-state index in [-0.39, 0.29) is 16.1 Å². The molecule has 1 aliphatic rings. The van der Waals surface area contributed by atoms with Gasteiger partial charge < -0.3 is 5.32 Å². The number of rotatable bonds is 4. The fraction of sp³-hybridized carbons (Fsp3) is 0.400. The van der Waals surface area contributed by atoms with Gasteiger partial charge in [0, 0.05) is 11.7 Å². The normalized spacial score (nSPS) is 16.6. The number of fused-ring (bicyclic) bond motifs is 1. The number of nitro groups is 1. The number of nitrogens with one attached hydrogen (secondary N) is 1. The molecule has 0 unspecified atom stereocenters. The molecule has 1 N–H and O–H groups in total. The average molecular weight is 271 g/mol. The van der Waals surface area contributed by atoms with Gasteiger partial charge in [-0.3, -0.25) is 15.1 Å². The van der Waals surface area contributed by atoms with E-state index >= 15 is 0 Å². The minimum Gasteiger partial charge on any atom is -0.374 e. The van der Waals surface area contributed by atoms with Crippen molar-refractivity contribution < 1.29 is 4.92 Å². The summed E-state index contributed by atoms with van der Waals surface area (Å²) in [5.41, 5.74) is 1.43. The Morgan fingerprint density at radius 3 is 2.80 bits per heavy atom. The van der Waals surface area contributed by atoms with Gasteiger partial charge in [0.05, 0.1) is 15.8 Å². The van der Waals surface area contributed by atoms with Gasteiger partial charge in [-0.2, -0.15) is 0 Å². The van der Waals surface area contributed by atoms with Crippen molar-refractivity contribution in [2.45, 2.75) is 38.1 Å². The molecule has 1 aromatic carbocycles. The van der Waals surface area contributed by atoms with Crippen LogP contribution in [0.4, 0.5) is 11.4 Å². The van der Waals surface area contributed by atoms with Crippen molar-refractivity contribution in [3.8, 4) is 0 Å². The number of pyridine rings is 1. The molecule has 0 radical (unpaired) electrons. The zero-order valence-corrected chi connectivity index (χ0v) is 11.4. The van der Waals surface area contributed by atoms with Crippen LogP contribution in [0.2, 0.25) is 0 Å². The van der Waals surface area contributed by atoms with E-state index in [1.807, 2.05) is 6.07 Å². The first-order valence-electron chi connectivity index (χ1n) is 6.95. The van der Waals surface area contributed by atoms with Gasteiger partial charge in [-0.15, -0.1) is 0 Å². The summed E-state index contributed by atoms with van der Waals surface area (Å²) >= 11 is 0. The predicted molar refractivity (Wildman–Crippen MR) is 78.9 cm³/mol. The second-order valence-corrected chi connectivity index (χ2v) is 5.40. The first-order chi connectivity index (χ1) is 9.65. The zero-order valence-electron chi connectivity index (χ0n) is 11.4. The quantitative estimate of drug-likeness (QED) is 0.676. The van der Waals surface area contributed by atoms with Crippen molar-refractivity contribution in [3.63, 3.8) is 0 Å². The van der Waals surface area contributed by atoms with Crippen LogP contribution in [-0.4, -0.2) is 15.4 Å². The Morgan fingerprint density at radius 2 is 2.20 bits per heavy atom. The third-order valence-corrected chi connectivity index (χ3v) is 4.33. The van der Waals surface area contributed by atoms with Crippen molar-refractivity contribution >= 4 is 22.3 Å². The number of nitrogens with zero attached hydrogens (tertiary/aromatic N) is 2. The average Bonchev–Trinajstić information content (AvgIpc) is 2.42. The SMILES string of the molecule is CCC1(Nc2ccc3ncccc3c2[N+](=O)[O-])CCC1. The molecule has 5 heteroatoms. The number of benzene rings is 1. The summed E-state index contributed by atoms with van der Waals surface area (Å²) in [6.07, 6.45) is 5.97. The minimum atomic E-state index is -0.311. The van der Waals surface area contributed by atoms with Gasteiger partial charge in [-0.05, 0) is 49.9 Å². The van der Waals surface area contributed by atoms with Gasteiger partial charge in [-0.1, -0.05) is 6.92 Å². The Hall–Kier alpha value is -2.17. The molecule has 1 aromatic heterocycles. The Morgan fingerprint density at radius 1 is 1.40 bits per heavy atom. The van der Waals surface area contributed by atoms with E-state index in [0.717, 1.165) is 19.3 Å². The molecule has 3 rings (SSSR count). The molecule has 0 aliphatic heterocycles. The summed E-state index contributed by atoms with van der Waals surface area (Å²) in [7, 11) is 0. The van der Waals surface area contributed by atoms with Crippen LogP contribution in [0, 0.1) is 10.1 Å². The number of anilines is 1. The third kappa shape index (κ3) is 1.99. The van der Waals surface area contributed by atoms with Crippen LogP contribution in [0.5, 0.6) is 0 Å². The van der Waals surface area contributed by atoms with Crippen molar-refractivity contribution in [1.82, 2.24) is 4.98 Å². The van der Waals surface area contributed by atoms with E-state index in [1.165, 1.54) is 6.42 Å². The van der Waals surface area contributed by atoms with Gasteiger partial charge in [0.1, 0.15) is 5.69 Å². The first kappa shape index (κ1) is 12.8. The molecule has 1 aliphatic carbocycles. The van der Waals surface area contributed by atoms with Gasteiger partial charge in [0.2, 0.25) is 0 Å². The molecule has 0 spiro atoms. The minimum absolute atomic E-state index is 0.0284. The van der Waals surface area contributed by atoms with Crippen LogP contribution in [0.1, 0.15) is 32.6 Å². The highest BCUT2D eigenvalue weighted by atomic mass is 16.6. The summed E-state index contributed by atoms with van der Waals surface area (Å²) in [5.74, 6) is 0. The van der Waals surface area contributed by atoms with Gasteiger partial charge in [-0.25, -0.2) is 0 Å². The maximum atomic E-state index is 11.5. The van der Waals surface area contributed by atoms with Crippen LogP contribution in [-0.2, 0) is 0 Å². The van der Waals surface area contributed by atoms with Crippen molar-refractivity contribution in [1.29, 1.82) is 0 Å². The fourth-order valence-corrected chi connectivity index (χ4v) is 2.89. The number of aromatic nitrogens is 1. The Bertz CT molecular complexity index is 660. The largest absolute Gasteiger partial charge is 0.374 e. The second kappa shape index (κ2) is 4.74. The van der Waals surface area contributed by atoms with E-state index < -0.39 is 0 Å². The molecule has 1 heterocycles. The topological polar surface area (TPSA) is 68.1 Å². The number of hydrogen-bond acceptors (Lipinski definition) is 4. The smallest absolute Gasteiger partial charge is 0.301 e. The lowest BCUT2D eigenvalue weighted by atomic mass is 9.74. The maximum Gasteiger partial charge on any atom is 0.301 e. The van der Waals surface area contributed by atoms with Gasteiger partial charge in [0.15, 0.2) is 0 Å². The highest BCUT2D eigenvalue weighted by Gasteiger charge is 2.36. The summed E-state index contributed by atoms with van der Waals surface area (Å²) in [5, 5.41) is 15.5. The lowest BCUT2D eigenvalue weighted by Gasteiger charge is -2.42. The monoisotopic (exact) mass is 271 g/mol. The highest BCUT2D eigenvalue weighted by molar-refractivity contribution is 5.94. The summed E-state index contributed by atoms with van der Waals surface area (Å²) in [4.78, 5) is 15.3. The van der Waals surface area contributed by atoms with E-state index in [2.05, 4.69) is 17.2 Å². The fourth-order valence-electron chi connectivity index (χ4n) is 2.89. The van der Waals surface area contributed by atoms with Crippen LogP contribution < -0.4 is 5.32 Å². The molecule has 0 atom stereocenters.